The van der Waals surface area contributed by atoms with Gasteiger partial charge in [0, 0.05) is 22.8 Å². The number of aryl methyl sites for hydroxylation is 3. The second kappa shape index (κ2) is 7.36. The summed E-state index contributed by atoms with van der Waals surface area (Å²) in [6.07, 6.45) is 1.72. The average molecular weight is 382 g/mol. The number of rotatable bonds is 3. The van der Waals surface area contributed by atoms with Gasteiger partial charge in [-0.15, -0.1) is 0 Å². The fraction of sp³-hybridized carbons (Fsp3) is 0.125. The van der Waals surface area contributed by atoms with Gasteiger partial charge in [-0.25, -0.2) is 9.97 Å². The van der Waals surface area contributed by atoms with E-state index in [1.807, 2.05) is 75.4 Å². The summed E-state index contributed by atoms with van der Waals surface area (Å²) in [4.78, 5) is 21.0. The highest BCUT2D eigenvalue weighted by Crippen LogP contribution is 2.29. The second-order valence-electron chi connectivity index (χ2n) is 7.28. The number of nitrogen functional groups attached to an aromatic ring is 1. The Morgan fingerprint density at radius 3 is 2.48 bits per heavy atom. The van der Waals surface area contributed by atoms with Crippen LogP contribution in [-0.4, -0.2) is 15.9 Å². The van der Waals surface area contributed by atoms with Crippen LogP contribution in [0.25, 0.3) is 22.0 Å². The molecule has 3 N–H and O–H groups in total. The van der Waals surface area contributed by atoms with Crippen LogP contribution in [0.3, 0.4) is 0 Å². The molecule has 4 rings (SSSR count). The molecule has 0 bridgehead atoms. The van der Waals surface area contributed by atoms with E-state index < -0.39 is 0 Å². The Labute approximate surface area is 169 Å². The zero-order chi connectivity index (χ0) is 20.5. The van der Waals surface area contributed by atoms with Crippen LogP contribution in [0.15, 0.2) is 60.8 Å². The van der Waals surface area contributed by atoms with Crippen molar-refractivity contribution in [3.63, 3.8) is 0 Å². The predicted molar refractivity (Wildman–Crippen MR) is 118 cm³/mol. The number of benzene rings is 3. The summed E-state index contributed by atoms with van der Waals surface area (Å²) in [5.41, 5.74) is 13.3. The molecule has 144 valence electrons. The molecule has 1 amide bonds. The maximum absolute atomic E-state index is 12.7. The van der Waals surface area contributed by atoms with Crippen molar-refractivity contribution in [2.75, 3.05) is 11.1 Å². The highest BCUT2D eigenvalue weighted by Gasteiger charge is 2.10. The van der Waals surface area contributed by atoms with Crippen LogP contribution in [0.2, 0.25) is 0 Å². The van der Waals surface area contributed by atoms with E-state index >= 15 is 0 Å². The lowest BCUT2D eigenvalue weighted by molar-refractivity contribution is 0.102. The van der Waals surface area contributed by atoms with Crippen molar-refractivity contribution < 1.29 is 4.79 Å². The zero-order valence-electron chi connectivity index (χ0n) is 16.7. The van der Waals surface area contributed by atoms with Gasteiger partial charge in [0.05, 0.1) is 5.52 Å². The van der Waals surface area contributed by atoms with Crippen LogP contribution in [0, 0.1) is 20.8 Å². The Morgan fingerprint density at radius 2 is 1.69 bits per heavy atom. The van der Waals surface area contributed by atoms with Gasteiger partial charge in [-0.05, 0) is 85.0 Å². The van der Waals surface area contributed by atoms with Crippen LogP contribution in [0.1, 0.15) is 27.0 Å². The third-order valence-electron chi connectivity index (χ3n) is 5.17. The summed E-state index contributed by atoms with van der Waals surface area (Å²) >= 11 is 0. The number of fused-ring (bicyclic) bond motifs is 1. The van der Waals surface area contributed by atoms with Crippen molar-refractivity contribution in [3.8, 4) is 11.1 Å². The fourth-order valence-corrected chi connectivity index (χ4v) is 3.31. The second-order valence-corrected chi connectivity index (χ2v) is 7.28. The van der Waals surface area contributed by atoms with Gasteiger partial charge in [0.2, 0.25) is 5.95 Å². The molecular weight excluding hydrogens is 360 g/mol. The highest BCUT2D eigenvalue weighted by molar-refractivity contribution is 6.04. The molecule has 29 heavy (non-hydrogen) atoms. The fourth-order valence-electron chi connectivity index (χ4n) is 3.31. The lowest BCUT2D eigenvalue weighted by Gasteiger charge is -2.12. The minimum Gasteiger partial charge on any atom is -0.368 e. The van der Waals surface area contributed by atoms with E-state index in [0.717, 1.165) is 38.8 Å². The first-order chi connectivity index (χ1) is 13.9. The number of hydrogen-bond acceptors (Lipinski definition) is 4. The summed E-state index contributed by atoms with van der Waals surface area (Å²) in [5.74, 6) is 0.141. The Balaban J connectivity index is 1.66. The van der Waals surface area contributed by atoms with E-state index in [-0.39, 0.29) is 11.9 Å². The van der Waals surface area contributed by atoms with Crippen LogP contribution in [-0.2, 0) is 0 Å². The van der Waals surface area contributed by atoms with Crippen LogP contribution < -0.4 is 11.1 Å². The number of nitrogens with two attached hydrogens (primary N) is 1. The number of aromatic nitrogens is 2. The lowest BCUT2D eigenvalue weighted by atomic mass is 9.98. The summed E-state index contributed by atoms with van der Waals surface area (Å²) in [6.45, 7) is 6.09. The smallest absolute Gasteiger partial charge is 0.255 e. The maximum atomic E-state index is 12.7. The zero-order valence-corrected chi connectivity index (χ0v) is 16.7. The Hall–Kier alpha value is -3.73. The van der Waals surface area contributed by atoms with Crippen LogP contribution >= 0.6 is 0 Å². The molecule has 0 spiro atoms. The third-order valence-corrected chi connectivity index (χ3v) is 5.17. The molecule has 3 aromatic carbocycles. The summed E-state index contributed by atoms with van der Waals surface area (Å²) in [5, 5.41) is 3.92. The van der Waals surface area contributed by atoms with E-state index in [9.17, 15) is 4.79 Å². The minimum atomic E-state index is -0.120. The molecule has 0 atom stereocenters. The normalized spacial score (nSPS) is 10.9. The van der Waals surface area contributed by atoms with Gasteiger partial charge in [-0.3, -0.25) is 4.79 Å². The van der Waals surface area contributed by atoms with Crippen molar-refractivity contribution in [2.24, 2.45) is 0 Å². The van der Waals surface area contributed by atoms with Crippen molar-refractivity contribution in [1.29, 1.82) is 0 Å². The predicted octanol–water partition coefficient (Wildman–Crippen LogP) is 5.06. The Bertz CT molecular complexity index is 1250. The maximum Gasteiger partial charge on any atom is 0.255 e. The molecular formula is C24H22N4O. The number of nitrogens with one attached hydrogen (secondary N) is 1. The highest BCUT2D eigenvalue weighted by atomic mass is 16.1. The average Bonchev–Trinajstić information content (AvgIpc) is 2.71. The SMILES string of the molecule is Cc1ccc(C(=O)Nc2ccc(C)c(-c3ccc4nc(N)ncc4c3)c2)cc1C. The molecule has 0 fully saturated rings. The summed E-state index contributed by atoms with van der Waals surface area (Å²) < 4.78 is 0. The van der Waals surface area contributed by atoms with Gasteiger partial charge < -0.3 is 11.1 Å². The van der Waals surface area contributed by atoms with Crippen molar-refractivity contribution in [2.45, 2.75) is 20.8 Å². The number of anilines is 2. The lowest BCUT2D eigenvalue weighted by Crippen LogP contribution is -2.12. The number of amides is 1. The van der Waals surface area contributed by atoms with E-state index in [1.165, 1.54) is 5.56 Å². The molecule has 0 unspecified atom stereocenters. The molecule has 5 heteroatoms. The van der Waals surface area contributed by atoms with E-state index in [2.05, 4.69) is 15.3 Å². The first kappa shape index (κ1) is 18.6. The third kappa shape index (κ3) is 3.80. The molecule has 0 aliphatic rings. The van der Waals surface area contributed by atoms with Crippen LogP contribution in [0.5, 0.6) is 0 Å². The minimum absolute atomic E-state index is 0.120. The molecule has 5 nitrogen and oxygen atoms in total. The number of hydrogen-bond donors (Lipinski definition) is 2. The van der Waals surface area contributed by atoms with Gasteiger partial charge in [-0.2, -0.15) is 0 Å². The number of carbonyl (C=O) groups excluding carboxylic acids is 1. The van der Waals surface area contributed by atoms with Crippen molar-refractivity contribution >= 4 is 28.4 Å². The van der Waals surface area contributed by atoms with Gasteiger partial charge >= 0.3 is 0 Å². The van der Waals surface area contributed by atoms with Crippen molar-refractivity contribution in [3.05, 3.63) is 83.0 Å². The largest absolute Gasteiger partial charge is 0.368 e. The molecule has 0 aliphatic carbocycles. The molecule has 4 aromatic rings. The van der Waals surface area contributed by atoms with Crippen LogP contribution in [0.4, 0.5) is 11.6 Å². The quantitative estimate of drug-likeness (QED) is 0.519. The van der Waals surface area contributed by atoms with Gasteiger partial charge in [0.25, 0.3) is 5.91 Å². The molecule has 0 saturated heterocycles. The van der Waals surface area contributed by atoms with Gasteiger partial charge in [-0.1, -0.05) is 18.2 Å². The van der Waals surface area contributed by atoms with E-state index in [0.29, 0.717) is 5.56 Å². The Kier molecular flexibility index (Phi) is 4.72. The topological polar surface area (TPSA) is 80.9 Å². The van der Waals surface area contributed by atoms with Gasteiger partial charge in [0.15, 0.2) is 0 Å². The first-order valence-corrected chi connectivity index (χ1v) is 9.42. The number of carbonyl (C=O) groups is 1. The molecule has 0 aliphatic heterocycles. The monoisotopic (exact) mass is 382 g/mol. The molecule has 1 aromatic heterocycles. The molecule has 1 heterocycles. The summed E-state index contributed by atoms with van der Waals surface area (Å²) in [6, 6.07) is 17.6. The standard InChI is InChI=1S/C24H22N4O/c1-14-4-6-18(10-16(14)3)23(29)27-20-8-5-15(2)21(12-20)17-7-9-22-19(11-17)13-26-24(25)28-22/h4-13H,1-3H3,(H,27,29)(H2,25,26,28). The first-order valence-electron chi connectivity index (χ1n) is 9.42. The van der Waals surface area contributed by atoms with Crippen molar-refractivity contribution in [1.82, 2.24) is 9.97 Å². The molecule has 0 radical (unpaired) electrons. The van der Waals surface area contributed by atoms with E-state index in [1.54, 1.807) is 6.20 Å². The van der Waals surface area contributed by atoms with E-state index in [4.69, 9.17) is 5.73 Å². The number of nitrogens with zero attached hydrogens (tertiary/aromatic N) is 2. The Morgan fingerprint density at radius 1 is 0.897 bits per heavy atom. The summed E-state index contributed by atoms with van der Waals surface area (Å²) in [7, 11) is 0. The molecule has 0 saturated carbocycles. The van der Waals surface area contributed by atoms with Gasteiger partial charge in [0.1, 0.15) is 0 Å².